The number of rotatable bonds is 7. The molecule has 3 rings (SSSR count). The first kappa shape index (κ1) is 22.9. The quantitative estimate of drug-likeness (QED) is 0.226. The second kappa shape index (κ2) is 11.0. The number of nitrogens with zero attached hydrogens (tertiary/aromatic N) is 1. The molecule has 0 spiro atoms. The average molecular weight is 494 g/mol. The van der Waals surface area contributed by atoms with E-state index >= 15 is 0 Å². The molecule has 8 heteroatoms. The molecule has 0 saturated carbocycles. The standard InChI is InChI=1S/C24H20BrN3O4/c1-16-3-2-4-19(13-16)23(30)26-15-22(29)28-27-14-17-5-11-21(12-6-17)32-24(31)18-7-9-20(25)10-8-18/h2-14H,15H2,1H3,(H,26,30)(H,28,29)/b27-14-. The lowest BCUT2D eigenvalue weighted by atomic mass is 10.1. The van der Waals surface area contributed by atoms with Gasteiger partial charge < -0.3 is 10.1 Å². The largest absolute Gasteiger partial charge is 0.423 e. The molecule has 0 unspecified atom stereocenters. The maximum atomic E-state index is 12.1. The summed E-state index contributed by atoms with van der Waals surface area (Å²) in [5.41, 5.74) is 4.93. The highest BCUT2D eigenvalue weighted by Gasteiger charge is 2.09. The van der Waals surface area contributed by atoms with Gasteiger partial charge in [0.1, 0.15) is 5.75 Å². The lowest BCUT2D eigenvalue weighted by molar-refractivity contribution is -0.120. The Labute approximate surface area is 193 Å². The van der Waals surface area contributed by atoms with Gasteiger partial charge in [-0.1, -0.05) is 33.6 Å². The fourth-order valence-electron chi connectivity index (χ4n) is 2.64. The molecule has 162 valence electrons. The third kappa shape index (κ3) is 6.88. The molecule has 0 aliphatic rings. The molecule has 0 bridgehead atoms. The molecular formula is C24H20BrN3O4. The number of aryl methyl sites for hydroxylation is 1. The van der Waals surface area contributed by atoms with Gasteiger partial charge in [-0.25, -0.2) is 10.2 Å². The fourth-order valence-corrected chi connectivity index (χ4v) is 2.91. The predicted molar refractivity (Wildman–Crippen MR) is 125 cm³/mol. The molecule has 0 aliphatic heterocycles. The van der Waals surface area contributed by atoms with Gasteiger partial charge >= 0.3 is 5.97 Å². The maximum absolute atomic E-state index is 12.1. The number of benzene rings is 3. The van der Waals surface area contributed by atoms with E-state index in [-0.39, 0.29) is 12.5 Å². The minimum Gasteiger partial charge on any atom is -0.423 e. The Morgan fingerprint density at radius 1 is 0.969 bits per heavy atom. The van der Waals surface area contributed by atoms with Crippen molar-refractivity contribution in [2.75, 3.05) is 6.54 Å². The van der Waals surface area contributed by atoms with Gasteiger partial charge in [-0.15, -0.1) is 0 Å². The first-order valence-electron chi connectivity index (χ1n) is 9.65. The van der Waals surface area contributed by atoms with Gasteiger partial charge in [0.2, 0.25) is 0 Å². The zero-order chi connectivity index (χ0) is 22.9. The highest BCUT2D eigenvalue weighted by Crippen LogP contribution is 2.15. The van der Waals surface area contributed by atoms with Gasteiger partial charge in [-0.3, -0.25) is 9.59 Å². The van der Waals surface area contributed by atoms with Crippen LogP contribution >= 0.6 is 15.9 Å². The molecular weight excluding hydrogens is 474 g/mol. The summed E-state index contributed by atoms with van der Waals surface area (Å²) < 4.78 is 6.20. The van der Waals surface area contributed by atoms with E-state index in [2.05, 4.69) is 31.8 Å². The van der Waals surface area contributed by atoms with E-state index < -0.39 is 11.9 Å². The molecule has 0 aliphatic carbocycles. The molecule has 3 aromatic rings. The molecule has 0 heterocycles. The highest BCUT2D eigenvalue weighted by molar-refractivity contribution is 9.10. The number of halogens is 1. The van der Waals surface area contributed by atoms with E-state index in [0.29, 0.717) is 22.4 Å². The van der Waals surface area contributed by atoms with Crippen molar-refractivity contribution in [1.29, 1.82) is 0 Å². The summed E-state index contributed by atoms with van der Waals surface area (Å²) in [7, 11) is 0. The van der Waals surface area contributed by atoms with Crippen molar-refractivity contribution in [1.82, 2.24) is 10.7 Å². The number of amides is 2. The van der Waals surface area contributed by atoms with Crippen LogP contribution < -0.4 is 15.5 Å². The van der Waals surface area contributed by atoms with Gasteiger partial charge in [-0.2, -0.15) is 5.10 Å². The minimum absolute atomic E-state index is 0.199. The molecule has 32 heavy (non-hydrogen) atoms. The number of hydrogen-bond donors (Lipinski definition) is 2. The molecule has 0 atom stereocenters. The van der Waals surface area contributed by atoms with Crippen molar-refractivity contribution < 1.29 is 19.1 Å². The summed E-state index contributed by atoms with van der Waals surface area (Å²) >= 11 is 3.32. The topological polar surface area (TPSA) is 96.9 Å². The monoisotopic (exact) mass is 493 g/mol. The van der Waals surface area contributed by atoms with Gasteiger partial charge in [0.05, 0.1) is 18.3 Å². The van der Waals surface area contributed by atoms with Crippen LogP contribution in [0.15, 0.2) is 82.4 Å². The summed E-state index contributed by atoms with van der Waals surface area (Å²) in [5.74, 6) is -0.861. The lowest BCUT2D eigenvalue weighted by Gasteiger charge is -2.05. The number of nitrogens with one attached hydrogen (secondary N) is 2. The van der Waals surface area contributed by atoms with Crippen LogP contribution in [0.4, 0.5) is 0 Å². The summed E-state index contributed by atoms with van der Waals surface area (Å²) in [6.07, 6.45) is 1.45. The number of esters is 1. The SMILES string of the molecule is Cc1cccc(C(=O)NCC(=O)N/N=C\c2ccc(OC(=O)c3ccc(Br)cc3)cc2)c1. The van der Waals surface area contributed by atoms with Crippen molar-refractivity contribution in [3.63, 3.8) is 0 Å². The first-order chi connectivity index (χ1) is 15.4. The summed E-state index contributed by atoms with van der Waals surface area (Å²) in [5, 5.41) is 6.41. The molecule has 0 fully saturated rings. The molecule has 7 nitrogen and oxygen atoms in total. The lowest BCUT2D eigenvalue weighted by Crippen LogP contribution is -2.34. The van der Waals surface area contributed by atoms with Gasteiger partial charge in [0.15, 0.2) is 0 Å². The Morgan fingerprint density at radius 2 is 1.69 bits per heavy atom. The molecule has 0 aromatic heterocycles. The molecule has 2 amide bonds. The van der Waals surface area contributed by atoms with E-state index in [1.165, 1.54) is 6.21 Å². The van der Waals surface area contributed by atoms with E-state index in [4.69, 9.17) is 4.74 Å². The van der Waals surface area contributed by atoms with Crippen LogP contribution in [-0.4, -0.2) is 30.5 Å². The van der Waals surface area contributed by atoms with Crippen LogP contribution in [0, 0.1) is 6.92 Å². The normalized spacial score (nSPS) is 10.6. The number of carbonyl (C=O) groups excluding carboxylic acids is 3. The molecule has 2 N–H and O–H groups in total. The van der Waals surface area contributed by atoms with Crippen molar-refractivity contribution in [3.8, 4) is 5.75 Å². The number of hydrazone groups is 1. The Bertz CT molecular complexity index is 1140. The van der Waals surface area contributed by atoms with Crippen LogP contribution in [0.3, 0.4) is 0 Å². The van der Waals surface area contributed by atoms with E-state index in [0.717, 1.165) is 10.0 Å². The van der Waals surface area contributed by atoms with Crippen LogP contribution in [-0.2, 0) is 4.79 Å². The number of ether oxygens (including phenoxy) is 1. The van der Waals surface area contributed by atoms with Crippen LogP contribution in [0.2, 0.25) is 0 Å². The summed E-state index contributed by atoms with van der Waals surface area (Å²) in [6.45, 7) is 1.69. The Kier molecular flexibility index (Phi) is 7.88. The van der Waals surface area contributed by atoms with Gasteiger partial charge in [-0.05, 0) is 73.2 Å². The summed E-state index contributed by atoms with van der Waals surface area (Å²) in [6, 6.07) is 20.6. The minimum atomic E-state index is -0.459. The Balaban J connectivity index is 1.45. The fraction of sp³-hybridized carbons (Fsp3) is 0.0833. The van der Waals surface area contributed by atoms with Gasteiger partial charge in [0, 0.05) is 10.0 Å². The van der Waals surface area contributed by atoms with Crippen molar-refractivity contribution in [2.45, 2.75) is 6.92 Å². The van der Waals surface area contributed by atoms with Gasteiger partial charge in [0.25, 0.3) is 11.8 Å². The molecule has 0 radical (unpaired) electrons. The zero-order valence-corrected chi connectivity index (χ0v) is 18.8. The van der Waals surface area contributed by atoms with Crippen LogP contribution in [0.5, 0.6) is 5.75 Å². The Hall–Kier alpha value is -3.78. The highest BCUT2D eigenvalue weighted by atomic mass is 79.9. The zero-order valence-electron chi connectivity index (χ0n) is 17.2. The maximum Gasteiger partial charge on any atom is 0.343 e. The van der Waals surface area contributed by atoms with E-state index in [9.17, 15) is 14.4 Å². The second-order valence-corrected chi connectivity index (χ2v) is 7.73. The molecule has 3 aromatic carbocycles. The van der Waals surface area contributed by atoms with Crippen molar-refractivity contribution in [3.05, 3.63) is 99.5 Å². The third-order valence-electron chi connectivity index (χ3n) is 4.26. The first-order valence-corrected chi connectivity index (χ1v) is 10.4. The van der Waals surface area contributed by atoms with E-state index in [1.54, 1.807) is 66.7 Å². The third-order valence-corrected chi connectivity index (χ3v) is 4.79. The van der Waals surface area contributed by atoms with Crippen molar-refractivity contribution in [2.24, 2.45) is 5.10 Å². The van der Waals surface area contributed by atoms with Crippen LogP contribution in [0.25, 0.3) is 0 Å². The predicted octanol–water partition coefficient (Wildman–Crippen LogP) is 3.86. The second-order valence-electron chi connectivity index (χ2n) is 6.81. The van der Waals surface area contributed by atoms with Crippen LogP contribution in [0.1, 0.15) is 31.8 Å². The van der Waals surface area contributed by atoms with E-state index in [1.807, 2.05) is 13.0 Å². The number of carbonyl (C=O) groups is 3. The number of hydrogen-bond acceptors (Lipinski definition) is 5. The Morgan fingerprint density at radius 3 is 2.38 bits per heavy atom. The molecule has 0 saturated heterocycles. The average Bonchev–Trinajstić information content (AvgIpc) is 2.79. The van der Waals surface area contributed by atoms with Crippen molar-refractivity contribution >= 4 is 39.9 Å². The smallest absolute Gasteiger partial charge is 0.343 e. The summed E-state index contributed by atoms with van der Waals surface area (Å²) in [4.78, 5) is 36.0.